The average Bonchev–Trinajstić information content (AvgIpc) is 2.68. The van der Waals surface area contributed by atoms with Crippen LogP contribution in [0.4, 0.5) is 16.2 Å². The van der Waals surface area contributed by atoms with E-state index in [1.54, 1.807) is 12.1 Å². The number of nitrogens with one attached hydrogen (secondary N) is 2. The molecule has 0 aromatic heterocycles. The molecule has 6 heteroatoms. The number of hydrogen-bond acceptors (Lipinski definition) is 2. The molecule has 148 valence electrons. The maximum atomic E-state index is 12.6. The summed E-state index contributed by atoms with van der Waals surface area (Å²) in [7, 11) is 0. The Morgan fingerprint density at radius 3 is 2.66 bits per heavy atom. The first-order valence-corrected chi connectivity index (χ1v) is 10.2. The van der Waals surface area contributed by atoms with Gasteiger partial charge in [-0.3, -0.25) is 0 Å². The standard InChI is InChI=1S/C23H20Cl2N2O2/c24-16-8-10-19(21(25)12-16)15-4-1-5-17(11-15)26-23(29)27-22-6-2-3-14-7-9-18(28)13-20(14)22/h1-6,8,10-12,18,28H,7,9,13H2,(H2,26,27,29). The molecule has 29 heavy (non-hydrogen) atoms. The Labute approximate surface area is 179 Å². The molecule has 3 aromatic carbocycles. The average molecular weight is 427 g/mol. The van der Waals surface area contributed by atoms with Gasteiger partial charge in [0, 0.05) is 33.4 Å². The second kappa shape index (κ2) is 8.46. The highest BCUT2D eigenvalue weighted by molar-refractivity contribution is 6.36. The summed E-state index contributed by atoms with van der Waals surface area (Å²) in [6.07, 6.45) is 1.76. The minimum atomic E-state index is -0.366. The fourth-order valence-electron chi connectivity index (χ4n) is 3.66. The van der Waals surface area contributed by atoms with Gasteiger partial charge in [0.25, 0.3) is 0 Å². The van der Waals surface area contributed by atoms with Crippen LogP contribution in [0.2, 0.25) is 10.0 Å². The zero-order valence-corrected chi connectivity index (χ0v) is 17.1. The van der Waals surface area contributed by atoms with Crippen molar-refractivity contribution in [2.45, 2.75) is 25.4 Å². The number of aliphatic hydroxyl groups is 1. The molecule has 1 atom stereocenters. The number of anilines is 2. The SMILES string of the molecule is O=C(Nc1cccc(-c2ccc(Cl)cc2Cl)c1)Nc1cccc2c1CC(O)CC2. The van der Waals surface area contributed by atoms with E-state index in [0.717, 1.165) is 35.2 Å². The van der Waals surface area contributed by atoms with Gasteiger partial charge in [-0.2, -0.15) is 0 Å². The lowest BCUT2D eigenvalue weighted by atomic mass is 9.88. The van der Waals surface area contributed by atoms with Crippen molar-refractivity contribution in [2.75, 3.05) is 10.6 Å². The fourth-order valence-corrected chi connectivity index (χ4v) is 4.18. The zero-order chi connectivity index (χ0) is 20.4. The third-order valence-electron chi connectivity index (χ3n) is 5.07. The molecule has 1 aliphatic rings. The molecule has 0 bridgehead atoms. The van der Waals surface area contributed by atoms with Crippen molar-refractivity contribution in [3.05, 3.63) is 81.8 Å². The normalized spacial score (nSPS) is 15.5. The van der Waals surface area contributed by atoms with Crippen molar-refractivity contribution in [1.82, 2.24) is 0 Å². The Hall–Kier alpha value is -2.53. The van der Waals surface area contributed by atoms with Crippen LogP contribution >= 0.6 is 23.2 Å². The third-order valence-corrected chi connectivity index (χ3v) is 5.62. The summed E-state index contributed by atoms with van der Waals surface area (Å²) < 4.78 is 0. The maximum Gasteiger partial charge on any atom is 0.323 e. The lowest BCUT2D eigenvalue weighted by Gasteiger charge is -2.23. The predicted octanol–water partition coefficient (Wildman–Crippen LogP) is 6.15. The van der Waals surface area contributed by atoms with Crippen molar-refractivity contribution in [3.63, 3.8) is 0 Å². The van der Waals surface area contributed by atoms with Crippen molar-refractivity contribution >= 4 is 40.6 Å². The van der Waals surface area contributed by atoms with Crippen molar-refractivity contribution in [2.24, 2.45) is 0 Å². The van der Waals surface area contributed by atoms with Gasteiger partial charge in [0.2, 0.25) is 0 Å². The largest absolute Gasteiger partial charge is 0.393 e. The molecule has 1 aliphatic carbocycles. The molecule has 3 N–H and O–H groups in total. The summed E-state index contributed by atoms with van der Waals surface area (Å²) in [5.41, 5.74) is 5.28. The lowest BCUT2D eigenvalue weighted by Crippen LogP contribution is -2.24. The van der Waals surface area contributed by atoms with E-state index in [9.17, 15) is 9.90 Å². The van der Waals surface area contributed by atoms with E-state index in [2.05, 4.69) is 10.6 Å². The van der Waals surface area contributed by atoms with E-state index >= 15 is 0 Å². The molecule has 0 radical (unpaired) electrons. The molecule has 0 aliphatic heterocycles. The Morgan fingerprint density at radius 2 is 1.83 bits per heavy atom. The summed E-state index contributed by atoms with van der Waals surface area (Å²) >= 11 is 12.3. The van der Waals surface area contributed by atoms with E-state index < -0.39 is 0 Å². The van der Waals surface area contributed by atoms with Gasteiger partial charge in [-0.25, -0.2) is 4.79 Å². The van der Waals surface area contributed by atoms with Gasteiger partial charge in [-0.05, 0) is 59.9 Å². The van der Waals surface area contributed by atoms with Crippen LogP contribution < -0.4 is 10.6 Å². The molecule has 4 rings (SSSR count). The molecule has 2 amide bonds. The number of hydrogen-bond donors (Lipinski definition) is 3. The Morgan fingerprint density at radius 1 is 1.00 bits per heavy atom. The van der Waals surface area contributed by atoms with Crippen LogP contribution in [-0.4, -0.2) is 17.2 Å². The fraction of sp³-hybridized carbons (Fsp3) is 0.174. The quantitative estimate of drug-likeness (QED) is 0.469. The highest BCUT2D eigenvalue weighted by atomic mass is 35.5. The monoisotopic (exact) mass is 426 g/mol. The number of carbonyl (C=O) groups excluding carboxylic acids is 1. The first-order chi connectivity index (χ1) is 14.0. The van der Waals surface area contributed by atoms with Gasteiger partial charge in [0.1, 0.15) is 0 Å². The van der Waals surface area contributed by atoms with E-state index in [1.807, 2.05) is 48.5 Å². The van der Waals surface area contributed by atoms with Crippen LogP contribution in [0.3, 0.4) is 0 Å². The minimum Gasteiger partial charge on any atom is -0.393 e. The number of rotatable bonds is 3. The zero-order valence-electron chi connectivity index (χ0n) is 15.6. The highest BCUT2D eigenvalue weighted by Gasteiger charge is 2.20. The molecule has 0 fully saturated rings. The molecule has 0 spiro atoms. The Balaban J connectivity index is 1.51. The van der Waals surface area contributed by atoms with Crippen molar-refractivity contribution in [3.8, 4) is 11.1 Å². The molecule has 1 unspecified atom stereocenters. The number of amides is 2. The first-order valence-electron chi connectivity index (χ1n) is 9.42. The van der Waals surface area contributed by atoms with Gasteiger partial charge in [0.05, 0.1) is 6.10 Å². The van der Waals surface area contributed by atoms with Gasteiger partial charge in [0.15, 0.2) is 0 Å². The smallest absolute Gasteiger partial charge is 0.323 e. The van der Waals surface area contributed by atoms with Gasteiger partial charge in [-0.1, -0.05) is 53.5 Å². The van der Waals surface area contributed by atoms with Gasteiger partial charge >= 0.3 is 6.03 Å². The number of carbonyl (C=O) groups is 1. The number of aryl methyl sites for hydroxylation is 1. The molecule has 0 saturated heterocycles. The van der Waals surface area contributed by atoms with Crippen LogP contribution in [0.5, 0.6) is 0 Å². The molecular weight excluding hydrogens is 407 g/mol. The molecule has 0 heterocycles. The molecule has 4 nitrogen and oxygen atoms in total. The highest BCUT2D eigenvalue weighted by Crippen LogP contribution is 2.32. The lowest BCUT2D eigenvalue weighted by molar-refractivity contribution is 0.159. The van der Waals surface area contributed by atoms with E-state index in [1.165, 1.54) is 5.56 Å². The Kier molecular flexibility index (Phi) is 5.76. The van der Waals surface area contributed by atoms with Crippen LogP contribution in [0, 0.1) is 0 Å². The summed E-state index contributed by atoms with van der Waals surface area (Å²) in [5.74, 6) is 0. The second-order valence-corrected chi connectivity index (χ2v) is 7.97. The van der Waals surface area contributed by atoms with E-state index in [-0.39, 0.29) is 12.1 Å². The number of aliphatic hydroxyl groups excluding tert-OH is 1. The molecule has 0 saturated carbocycles. The van der Waals surface area contributed by atoms with Gasteiger partial charge < -0.3 is 15.7 Å². The van der Waals surface area contributed by atoms with E-state index in [0.29, 0.717) is 22.2 Å². The first kappa shape index (κ1) is 19.8. The molecule has 3 aromatic rings. The molecular formula is C23H20Cl2N2O2. The van der Waals surface area contributed by atoms with Crippen LogP contribution in [0.25, 0.3) is 11.1 Å². The maximum absolute atomic E-state index is 12.6. The summed E-state index contributed by atoms with van der Waals surface area (Å²) in [6, 6.07) is 18.3. The summed E-state index contributed by atoms with van der Waals surface area (Å²) in [5, 5.41) is 16.9. The van der Waals surface area contributed by atoms with Gasteiger partial charge in [-0.15, -0.1) is 0 Å². The number of benzene rings is 3. The minimum absolute atomic E-state index is 0.335. The topological polar surface area (TPSA) is 61.4 Å². The third kappa shape index (κ3) is 4.56. The predicted molar refractivity (Wildman–Crippen MR) is 119 cm³/mol. The van der Waals surface area contributed by atoms with E-state index in [4.69, 9.17) is 23.2 Å². The number of halogens is 2. The summed E-state index contributed by atoms with van der Waals surface area (Å²) in [6.45, 7) is 0. The van der Waals surface area contributed by atoms with Crippen LogP contribution in [0.15, 0.2) is 60.7 Å². The Bertz CT molecular complexity index is 1070. The van der Waals surface area contributed by atoms with Crippen LogP contribution in [0.1, 0.15) is 17.5 Å². The second-order valence-electron chi connectivity index (χ2n) is 7.12. The van der Waals surface area contributed by atoms with Crippen molar-refractivity contribution < 1.29 is 9.90 Å². The number of urea groups is 1. The summed E-state index contributed by atoms with van der Waals surface area (Å²) in [4.78, 5) is 12.6. The van der Waals surface area contributed by atoms with Crippen molar-refractivity contribution in [1.29, 1.82) is 0 Å². The van der Waals surface area contributed by atoms with Crippen LogP contribution in [-0.2, 0) is 12.8 Å². The number of fused-ring (bicyclic) bond motifs is 1.